The van der Waals surface area contributed by atoms with Crippen molar-refractivity contribution in [3.8, 4) is 0 Å². The van der Waals surface area contributed by atoms with Crippen molar-refractivity contribution in [1.82, 2.24) is 9.78 Å². The minimum Gasteiger partial charge on any atom is -0.477 e. The molecule has 1 N–H and O–H groups in total. The number of fused-ring (bicyclic) bond motifs is 1. The average molecular weight is 222 g/mol. The number of aromatic nitrogens is 2. The number of rotatable bonds is 3. The molecule has 1 aliphatic carbocycles. The number of hydrogen-bond donors (Lipinski definition) is 1. The maximum absolute atomic E-state index is 11.2. The maximum Gasteiger partial charge on any atom is 0.354 e. The van der Waals surface area contributed by atoms with Crippen molar-refractivity contribution >= 4 is 5.97 Å². The molecular formula is C11H14N2O3. The molecule has 1 fully saturated rings. The lowest BCUT2D eigenvalue weighted by atomic mass is 10.1. The van der Waals surface area contributed by atoms with Crippen LogP contribution in [0.4, 0.5) is 0 Å². The monoisotopic (exact) mass is 222 g/mol. The number of carboxylic acid groups (broad SMARTS) is 1. The maximum atomic E-state index is 11.2. The Kier molecular flexibility index (Phi) is 2.21. The van der Waals surface area contributed by atoms with E-state index in [0.717, 1.165) is 24.2 Å². The highest BCUT2D eigenvalue weighted by Crippen LogP contribution is 2.32. The van der Waals surface area contributed by atoms with Crippen molar-refractivity contribution in [2.24, 2.45) is 5.92 Å². The summed E-state index contributed by atoms with van der Waals surface area (Å²) in [5.74, 6) is -0.264. The van der Waals surface area contributed by atoms with Gasteiger partial charge >= 0.3 is 5.97 Å². The van der Waals surface area contributed by atoms with Crippen LogP contribution in [-0.4, -0.2) is 27.5 Å². The molecule has 86 valence electrons. The molecule has 0 spiro atoms. The number of hydrogen-bond acceptors (Lipinski definition) is 3. The van der Waals surface area contributed by atoms with Gasteiger partial charge in [0.05, 0.1) is 18.9 Å². The topological polar surface area (TPSA) is 64.3 Å². The Hall–Kier alpha value is -1.36. The van der Waals surface area contributed by atoms with Crippen LogP contribution in [0, 0.1) is 5.92 Å². The summed E-state index contributed by atoms with van der Waals surface area (Å²) >= 11 is 0. The summed E-state index contributed by atoms with van der Waals surface area (Å²) in [5.41, 5.74) is 2.02. The first-order chi connectivity index (χ1) is 7.75. The van der Waals surface area contributed by atoms with Crippen LogP contribution in [0.1, 0.15) is 34.6 Å². The normalized spacial score (nSPS) is 19.5. The Morgan fingerprint density at radius 2 is 2.38 bits per heavy atom. The fraction of sp³-hybridized carbons (Fsp3) is 0.636. The van der Waals surface area contributed by atoms with E-state index in [1.165, 1.54) is 12.8 Å². The zero-order valence-corrected chi connectivity index (χ0v) is 8.98. The van der Waals surface area contributed by atoms with Gasteiger partial charge in [-0.05, 0) is 18.8 Å². The predicted molar refractivity (Wildman–Crippen MR) is 55.3 cm³/mol. The Bertz CT molecular complexity index is 435. The molecule has 0 radical (unpaired) electrons. The Morgan fingerprint density at radius 3 is 3.06 bits per heavy atom. The fourth-order valence-electron chi connectivity index (χ4n) is 2.16. The molecule has 1 saturated carbocycles. The van der Waals surface area contributed by atoms with Crippen LogP contribution in [0.15, 0.2) is 0 Å². The average Bonchev–Trinajstić information content (AvgIpc) is 2.97. The molecule has 0 amide bonds. The summed E-state index contributed by atoms with van der Waals surface area (Å²) in [7, 11) is 0. The van der Waals surface area contributed by atoms with E-state index >= 15 is 0 Å². The molecule has 1 aromatic heterocycles. The number of nitrogens with zero attached hydrogens (tertiary/aromatic N) is 2. The molecule has 5 heteroatoms. The summed E-state index contributed by atoms with van der Waals surface area (Å²) in [4.78, 5) is 11.2. The number of carboxylic acids is 1. The van der Waals surface area contributed by atoms with E-state index in [2.05, 4.69) is 5.10 Å². The van der Waals surface area contributed by atoms with Crippen LogP contribution in [0.25, 0.3) is 0 Å². The zero-order chi connectivity index (χ0) is 11.1. The van der Waals surface area contributed by atoms with E-state index < -0.39 is 5.97 Å². The predicted octanol–water partition coefficient (Wildman–Crippen LogP) is 1.06. The summed E-state index contributed by atoms with van der Waals surface area (Å²) in [6, 6.07) is 0. The molecule has 3 rings (SSSR count). The van der Waals surface area contributed by atoms with E-state index in [1.54, 1.807) is 4.68 Å². The summed E-state index contributed by atoms with van der Waals surface area (Å²) < 4.78 is 6.97. The second kappa shape index (κ2) is 3.59. The first-order valence-electron chi connectivity index (χ1n) is 5.65. The van der Waals surface area contributed by atoms with Gasteiger partial charge in [0.15, 0.2) is 5.69 Å². The summed E-state index contributed by atoms with van der Waals surface area (Å²) in [6.45, 7) is 1.78. The second-order valence-corrected chi connectivity index (χ2v) is 4.51. The SMILES string of the molecule is O=C(O)c1c2c(nn1CC1CC1)CCOC2. The van der Waals surface area contributed by atoms with E-state index in [9.17, 15) is 9.90 Å². The highest BCUT2D eigenvalue weighted by atomic mass is 16.5. The third-order valence-corrected chi connectivity index (χ3v) is 3.19. The van der Waals surface area contributed by atoms with Crippen LogP contribution < -0.4 is 0 Å². The van der Waals surface area contributed by atoms with Gasteiger partial charge in [-0.1, -0.05) is 0 Å². The Balaban J connectivity index is 2.00. The van der Waals surface area contributed by atoms with E-state index in [1.807, 2.05) is 0 Å². The lowest BCUT2D eigenvalue weighted by molar-refractivity contribution is 0.0670. The Morgan fingerprint density at radius 1 is 1.56 bits per heavy atom. The Labute approximate surface area is 93.0 Å². The van der Waals surface area contributed by atoms with Crippen molar-refractivity contribution in [2.75, 3.05) is 6.61 Å². The second-order valence-electron chi connectivity index (χ2n) is 4.51. The lowest BCUT2D eigenvalue weighted by Gasteiger charge is -2.10. The minimum atomic E-state index is -0.889. The standard InChI is InChI=1S/C11H14N2O3/c14-11(15)10-8-6-16-4-3-9(8)12-13(10)5-7-1-2-7/h7H,1-6H2,(H,14,15). The van der Waals surface area contributed by atoms with Crippen LogP contribution in [0.5, 0.6) is 0 Å². The molecule has 2 aliphatic rings. The van der Waals surface area contributed by atoms with Gasteiger partial charge in [-0.15, -0.1) is 0 Å². The quantitative estimate of drug-likeness (QED) is 0.830. The van der Waals surface area contributed by atoms with Gasteiger partial charge in [0.2, 0.25) is 0 Å². The van der Waals surface area contributed by atoms with E-state index in [-0.39, 0.29) is 0 Å². The van der Waals surface area contributed by atoms with Gasteiger partial charge in [-0.2, -0.15) is 5.10 Å². The minimum absolute atomic E-state index is 0.335. The van der Waals surface area contributed by atoms with Crippen molar-refractivity contribution in [1.29, 1.82) is 0 Å². The van der Waals surface area contributed by atoms with Gasteiger partial charge in [-0.25, -0.2) is 4.79 Å². The third-order valence-electron chi connectivity index (χ3n) is 3.19. The molecule has 5 nitrogen and oxygen atoms in total. The molecule has 0 saturated heterocycles. The lowest BCUT2D eigenvalue weighted by Crippen LogP contribution is -2.14. The van der Waals surface area contributed by atoms with Crippen molar-refractivity contribution in [3.63, 3.8) is 0 Å². The highest BCUT2D eigenvalue weighted by Gasteiger charge is 2.29. The molecule has 1 aromatic rings. The first-order valence-corrected chi connectivity index (χ1v) is 5.65. The zero-order valence-electron chi connectivity index (χ0n) is 8.98. The number of aromatic carboxylic acids is 1. The van der Waals surface area contributed by atoms with Gasteiger partial charge in [0, 0.05) is 18.5 Å². The van der Waals surface area contributed by atoms with Gasteiger partial charge in [0.1, 0.15) is 0 Å². The van der Waals surface area contributed by atoms with Gasteiger partial charge in [-0.3, -0.25) is 4.68 Å². The fourth-order valence-corrected chi connectivity index (χ4v) is 2.16. The molecule has 16 heavy (non-hydrogen) atoms. The largest absolute Gasteiger partial charge is 0.477 e. The third kappa shape index (κ3) is 1.61. The molecule has 0 atom stereocenters. The molecule has 0 unspecified atom stereocenters. The smallest absolute Gasteiger partial charge is 0.354 e. The summed E-state index contributed by atoms with van der Waals surface area (Å²) in [5, 5.41) is 13.6. The van der Waals surface area contributed by atoms with Crippen LogP contribution in [-0.2, 0) is 24.3 Å². The van der Waals surface area contributed by atoms with Gasteiger partial charge < -0.3 is 9.84 Å². The molecule has 0 bridgehead atoms. The van der Waals surface area contributed by atoms with Crippen LogP contribution in [0.3, 0.4) is 0 Å². The summed E-state index contributed by atoms with van der Waals surface area (Å²) in [6.07, 6.45) is 3.12. The van der Waals surface area contributed by atoms with E-state index in [4.69, 9.17) is 4.74 Å². The van der Waals surface area contributed by atoms with E-state index in [0.29, 0.717) is 24.8 Å². The van der Waals surface area contributed by atoms with Crippen LogP contribution in [0.2, 0.25) is 0 Å². The van der Waals surface area contributed by atoms with Crippen LogP contribution >= 0.6 is 0 Å². The molecule has 0 aromatic carbocycles. The van der Waals surface area contributed by atoms with Crippen molar-refractivity contribution in [2.45, 2.75) is 32.4 Å². The highest BCUT2D eigenvalue weighted by molar-refractivity contribution is 5.87. The molecular weight excluding hydrogens is 208 g/mol. The molecule has 2 heterocycles. The first kappa shape index (κ1) is 9.84. The van der Waals surface area contributed by atoms with Crippen molar-refractivity contribution < 1.29 is 14.6 Å². The van der Waals surface area contributed by atoms with Gasteiger partial charge in [0.25, 0.3) is 0 Å². The number of ether oxygens (including phenoxy) is 1. The number of carbonyl (C=O) groups is 1. The van der Waals surface area contributed by atoms with Crippen molar-refractivity contribution in [3.05, 3.63) is 17.0 Å². The molecule has 1 aliphatic heterocycles.